The molecule has 0 aliphatic heterocycles. The first-order valence-corrected chi connectivity index (χ1v) is 6.70. The van der Waals surface area contributed by atoms with Crippen LogP contribution in [0.3, 0.4) is 0 Å². The molecule has 2 N–H and O–H groups in total. The number of hydrogen-bond donors (Lipinski definition) is 2. The van der Waals surface area contributed by atoms with Gasteiger partial charge in [-0.3, -0.25) is 4.79 Å². The summed E-state index contributed by atoms with van der Waals surface area (Å²) in [6, 6.07) is 8.88. The van der Waals surface area contributed by atoms with E-state index in [0.29, 0.717) is 18.2 Å². The van der Waals surface area contributed by atoms with Crippen LogP contribution in [0.25, 0.3) is 0 Å². The minimum Gasteiger partial charge on any atom is -0.396 e. The monoisotopic (exact) mass is 327 g/mol. The molecular formula is C16H13F4NO2. The molecule has 1 amide bonds. The zero-order valence-electron chi connectivity index (χ0n) is 11.8. The van der Waals surface area contributed by atoms with Gasteiger partial charge in [0.05, 0.1) is 11.1 Å². The van der Waals surface area contributed by atoms with Crippen LogP contribution < -0.4 is 5.32 Å². The number of rotatable bonds is 4. The number of halogens is 4. The molecule has 0 saturated heterocycles. The molecule has 3 nitrogen and oxygen atoms in total. The number of hydrogen-bond acceptors (Lipinski definition) is 2. The largest absolute Gasteiger partial charge is 0.419 e. The smallest absolute Gasteiger partial charge is 0.396 e. The van der Waals surface area contributed by atoms with Crippen LogP contribution >= 0.6 is 0 Å². The lowest BCUT2D eigenvalue weighted by molar-refractivity contribution is -0.140. The fraction of sp³-hybridized carbons (Fsp3) is 0.188. The van der Waals surface area contributed by atoms with E-state index in [1.54, 1.807) is 12.1 Å². The van der Waals surface area contributed by atoms with Crippen molar-refractivity contribution in [3.05, 3.63) is 65.0 Å². The Kier molecular flexibility index (Phi) is 5.00. The Morgan fingerprint density at radius 3 is 2.30 bits per heavy atom. The quantitative estimate of drug-likeness (QED) is 0.843. The van der Waals surface area contributed by atoms with Gasteiger partial charge in [0.2, 0.25) is 0 Å². The lowest BCUT2D eigenvalue weighted by atomic mass is 10.1. The summed E-state index contributed by atoms with van der Waals surface area (Å²) in [7, 11) is 0. The van der Waals surface area contributed by atoms with Crippen LogP contribution in [-0.4, -0.2) is 17.6 Å². The van der Waals surface area contributed by atoms with E-state index in [1.807, 2.05) is 0 Å². The Morgan fingerprint density at radius 1 is 1.09 bits per heavy atom. The Hall–Kier alpha value is -2.41. The number of aliphatic hydroxyl groups excluding tert-OH is 1. The Morgan fingerprint density at radius 2 is 1.74 bits per heavy atom. The van der Waals surface area contributed by atoms with Crippen molar-refractivity contribution in [1.29, 1.82) is 0 Å². The van der Waals surface area contributed by atoms with Crippen molar-refractivity contribution in [2.24, 2.45) is 0 Å². The summed E-state index contributed by atoms with van der Waals surface area (Å²) in [5.74, 6) is -2.57. The summed E-state index contributed by atoms with van der Waals surface area (Å²) in [4.78, 5) is 12.0. The van der Waals surface area contributed by atoms with E-state index >= 15 is 0 Å². The van der Waals surface area contributed by atoms with Crippen molar-refractivity contribution in [3.8, 4) is 0 Å². The maximum atomic E-state index is 13.9. The first kappa shape index (κ1) is 17.0. The fourth-order valence-corrected chi connectivity index (χ4v) is 2.01. The molecule has 0 aliphatic carbocycles. The van der Waals surface area contributed by atoms with Crippen LogP contribution in [0.2, 0.25) is 0 Å². The molecule has 23 heavy (non-hydrogen) atoms. The molecule has 0 bridgehead atoms. The van der Waals surface area contributed by atoms with Gasteiger partial charge in [-0.15, -0.1) is 0 Å². The zero-order valence-corrected chi connectivity index (χ0v) is 11.8. The summed E-state index contributed by atoms with van der Waals surface area (Å²) < 4.78 is 51.8. The minimum absolute atomic E-state index is 0.0266. The first-order chi connectivity index (χ1) is 10.8. The van der Waals surface area contributed by atoms with Gasteiger partial charge in [-0.1, -0.05) is 18.2 Å². The highest BCUT2D eigenvalue weighted by Gasteiger charge is 2.35. The van der Waals surface area contributed by atoms with Gasteiger partial charge in [0.1, 0.15) is 5.82 Å². The lowest BCUT2D eigenvalue weighted by Gasteiger charge is -2.11. The van der Waals surface area contributed by atoms with Gasteiger partial charge in [-0.2, -0.15) is 13.2 Å². The van der Waals surface area contributed by atoms with Crippen LogP contribution in [0.15, 0.2) is 42.5 Å². The van der Waals surface area contributed by atoms with Crippen LogP contribution in [0, 0.1) is 5.82 Å². The summed E-state index contributed by atoms with van der Waals surface area (Å²) in [5.41, 5.74) is -1.02. The number of amides is 1. The van der Waals surface area contributed by atoms with Gasteiger partial charge in [0.15, 0.2) is 0 Å². The van der Waals surface area contributed by atoms with E-state index in [9.17, 15) is 22.4 Å². The maximum Gasteiger partial charge on any atom is 0.419 e. The number of carbonyl (C=O) groups excluding carboxylic acids is 1. The molecule has 7 heteroatoms. The summed E-state index contributed by atoms with van der Waals surface area (Å²) >= 11 is 0. The molecule has 0 atom stereocenters. The number of nitrogens with one attached hydrogen (secondary N) is 1. The molecule has 122 valence electrons. The lowest BCUT2D eigenvalue weighted by Crippen LogP contribution is -2.17. The summed E-state index contributed by atoms with van der Waals surface area (Å²) in [5, 5.41) is 11.1. The van der Waals surface area contributed by atoms with Crippen molar-refractivity contribution in [2.45, 2.75) is 12.6 Å². The second kappa shape index (κ2) is 6.78. The van der Waals surface area contributed by atoms with Crippen LogP contribution in [0.4, 0.5) is 23.2 Å². The molecule has 0 radical (unpaired) electrons. The maximum absolute atomic E-state index is 13.9. The molecular weight excluding hydrogens is 314 g/mol. The third kappa shape index (κ3) is 4.07. The van der Waals surface area contributed by atoms with Gasteiger partial charge in [-0.05, 0) is 36.2 Å². The molecule has 0 saturated carbocycles. The van der Waals surface area contributed by atoms with Gasteiger partial charge in [0, 0.05) is 12.3 Å². The zero-order chi connectivity index (χ0) is 17.0. The van der Waals surface area contributed by atoms with Crippen molar-refractivity contribution in [3.63, 3.8) is 0 Å². The van der Waals surface area contributed by atoms with Crippen LogP contribution in [0.1, 0.15) is 21.5 Å². The molecule has 0 fully saturated rings. The van der Waals surface area contributed by atoms with E-state index in [-0.39, 0.29) is 6.61 Å². The van der Waals surface area contributed by atoms with Gasteiger partial charge < -0.3 is 10.4 Å². The second-order valence-corrected chi connectivity index (χ2v) is 4.79. The predicted octanol–water partition coefficient (Wildman–Crippen LogP) is 3.63. The van der Waals surface area contributed by atoms with Crippen molar-refractivity contribution in [1.82, 2.24) is 0 Å². The minimum atomic E-state index is -4.87. The van der Waals surface area contributed by atoms with E-state index in [1.165, 1.54) is 12.1 Å². The van der Waals surface area contributed by atoms with Crippen molar-refractivity contribution in [2.75, 3.05) is 11.9 Å². The third-order valence-electron chi connectivity index (χ3n) is 3.16. The number of aliphatic hydroxyl groups is 1. The Balaban J connectivity index is 2.21. The number of carbonyl (C=O) groups is 1. The van der Waals surface area contributed by atoms with Crippen LogP contribution in [0.5, 0.6) is 0 Å². The SMILES string of the molecule is O=C(Nc1ccc(CCO)cc1)c1cccc(C(F)(F)F)c1F. The van der Waals surface area contributed by atoms with Gasteiger partial charge in [0.25, 0.3) is 5.91 Å². The molecule has 2 aromatic rings. The molecule has 0 spiro atoms. The Bertz CT molecular complexity index is 696. The average Bonchev–Trinajstić information content (AvgIpc) is 2.48. The van der Waals surface area contributed by atoms with E-state index < -0.39 is 29.0 Å². The Labute approximate surface area is 129 Å². The van der Waals surface area contributed by atoms with Crippen molar-refractivity contribution < 1.29 is 27.5 Å². The molecule has 0 aromatic heterocycles. The summed E-state index contributed by atoms with van der Waals surface area (Å²) in [6.45, 7) is -0.0266. The topological polar surface area (TPSA) is 49.3 Å². The summed E-state index contributed by atoms with van der Waals surface area (Å²) in [6.07, 6.45) is -4.43. The van der Waals surface area contributed by atoms with Crippen molar-refractivity contribution >= 4 is 11.6 Å². The van der Waals surface area contributed by atoms with Gasteiger partial charge in [-0.25, -0.2) is 4.39 Å². The molecule has 2 aromatic carbocycles. The molecule has 0 heterocycles. The fourth-order valence-electron chi connectivity index (χ4n) is 2.01. The van der Waals surface area contributed by atoms with E-state index in [4.69, 9.17) is 5.11 Å². The molecule has 2 rings (SSSR count). The molecule has 0 unspecified atom stereocenters. The number of anilines is 1. The highest BCUT2D eigenvalue weighted by Crippen LogP contribution is 2.32. The van der Waals surface area contributed by atoms with Crippen LogP contribution in [-0.2, 0) is 12.6 Å². The number of alkyl halides is 3. The third-order valence-corrected chi connectivity index (χ3v) is 3.16. The standard InChI is InChI=1S/C16H13F4NO2/c17-14-12(2-1-3-13(14)16(18,19)20)15(23)21-11-6-4-10(5-7-11)8-9-22/h1-7,22H,8-9H2,(H,21,23). The molecule has 0 aliphatic rings. The average molecular weight is 327 g/mol. The van der Waals surface area contributed by atoms with E-state index in [0.717, 1.165) is 17.7 Å². The highest BCUT2D eigenvalue weighted by molar-refractivity contribution is 6.04. The van der Waals surface area contributed by atoms with E-state index in [2.05, 4.69) is 5.32 Å². The predicted molar refractivity (Wildman–Crippen MR) is 76.6 cm³/mol. The highest BCUT2D eigenvalue weighted by atomic mass is 19.4. The normalized spacial score (nSPS) is 11.3. The van der Waals surface area contributed by atoms with Gasteiger partial charge >= 0.3 is 6.18 Å². The second-order valence-electron chi connectivity index (χ2n) is 4.79. The number of benzene rings is 2. The first-order valence-electron chi connectivity index (χ1n) is 6.70.